The smallest absolute Gasteiger partial charge is 0.258 e. The van der Waals surface area contributed by atoms with Crippen LogP contribution in [-0.4, -0.2) is 29.9 Å². The molecule has 0 spiro atoms. The molecule has 1 aliphatic rings. The first-order chi connectivity index (χ1) is 11.8. The molecular weight excluding hydrogens is 428 g/mol. The minimum atomic E-state index is -3.84. The van der Waals surface area contributed by atoms with E-state index in [0.717, 1.165) is 16.1 Å². The van der Waals surface area contributed by atoms with E-state index in [1.807, 2.05) is 24.3 Å². The molecule has 3 rings (SSSR count). The van der Waals surface area contributed by atoms with Gasteiger partial charge >= 0.3 is 0 Å². The number of benzene rings is 2. The van der Waals surface area contributed by atoms with Gasteiger partial charge in [0.15, 0.2) is 0 Å². The van der Waals surface area contributed by atoms with E-state index >= 15 is 0 Å². The first-order valence-electron chi connectivity index (χ1n) is 7.44. The van der Waals surface area contributed by atoms with Gasteiger partial charge in [0.05, 0.1) is 15.2 Å². The lowest BCUT2D eigenvalue weighted by atomic mass is 10.2. The van der Waals surface area contributed by atoms with Gasteiger partial charge < -0.3 is 0 Å². The number of non-ortho nitro benzene ring substituents is 1. The minimum absolute atomic E-state index is 0.00804. The number of hydrogen-bond acceptors (Lipinski definition) is 5. The first kappa shape index (κ1) is 18.4. The Kier molecular flexibility index (Phi) is 5.19. The highest BCUT2D eigenvalue weighted by Crippen LogP contribution is 2.42. The van der Waals surface area contributed by atoms with Crippen LogP contribution in [0.1, 0.15) is 16.5 Å². The highest BCUT2D eigenvalue weighted by Gasteiger charge is 2.38. The molecule has 25 heavy (non-hydrogen) atoms. The molecule has 9 heteroatoms. The molecule has 1 fully saturated rings. The monoisotopic (exact) mass is 442 g/mol. The molecule has 2 aromatic carbocycles. The maximum absolute atomic E-state index is 13.2. The van der Waals surface area contributed by atoms with Crippen LogP contribution < -0.4 is 0 Å². The Balaban J connectivity index is 2.03. The van der Waals surface area contributed by atoms with E-state index in [2.05, 4.69) is 15.9 Å². The SMILES string of the molecule is Cc1ccc([N+](=O)[O-])cc1S(=O)(=O)N1CCSC1c1ccc(Br)cc1. The molecule has 1 aliphatic heterocycles. The number of nitro groups is 1. The van der Waals surface area contributed by atoms with Gasteiger partial charge in [-0.15, -0.1) is 11.8 Å². The predicted molar refractivity (Wildman–Crippen MR) is 101 cm³/mol. The first-order valence-corrected chi connectivity index (χ1v) is 10.7. The summed E-state index contributed by atoms with van der Waals surface area (Å²) in [6.45, 7) is 2.02. The van der Waals surface area contributed by atoms with Crippen molar-refractivity contribution in [1.82, 2.24) is 4.31 Å². The second-order valence-corrected chi connectivity index (χ2v) is 9.56. The average molecular weight is 443 g/mol. The van der Waals surface area contributed by atoms with E-state index in [1.165, 1.54) is 16.4 Å². The quantitative estimate of drug-likeness (QED) is 0.525. The summed E-state index contributed by atoms with van der Waals surface area (Å²) in [6.07, 6.45) is 0. The lowest BCUT2D eigenvalue weighted by molar-refractivity contribution is -0.385. The number of halogens is 1. The van der Waals surface area contributed by atoms with Crippen molar-refractivity contribution in [2.75, 3.05) is 12.3 Å². The number of thioether (sulfide) groups is 1. The van der Waals surface area contributed by atoms with Crippen LogP contribution in [-0.2, 0) is 10.0 Å². The Morgan fingerprint density at radius 2 is 1.92 bits per heavy atom. The van der Waals surface area contributed by atoms with Crippen molar-refractivity contribution < 1.29 is 13.3 Å². The van der Waals surface area contributed by atoms with Gasteiger partial charge in [0, 0.05) is 28.9 Å². The lowest BCUT2D eigenvalue weighted by Crippen LogP contribution is -2.31. The molecular formula is C16H15BrN2O4S2. The zero-order valence-corrected chi connectivity index (χ0v) is 16.5. The molecule has 0 amide bonds. The number of aryl methyl sites for hydroxylation is 1. The summed E-state index contributed by atoms with van der Waals surface area (Å²) in [4.78, 5) is 10.4. The molecule has 0 aromatic heterocycles. The molecule has 6 nitrogen and oxygen atoms in total. The summed E-state index contributed by atoms with van der Waals surface area (Å²) >= 11 is 4.92. The van der Waals surface area contributed by atoms with Gasteiger partial charge in [-0.25, -0.2) is 8.42 Å². The van der Waals surface area contributed by atoms with Crippen LogP contribution in [0.4, 0.5) is 5.69 Å². The molecule has 0 bridgehead atoms. The average Bonchev–Trinajstić information content (AvgIpc) is 3.06. The van der Waals surface area contributed by atoms with Gasteiger partial charge in [-0.3, -0.25) is 10.1 Å². The number of hydrogen-bond donors (Lipinski definition) is 0. The zero-order valence-electron chi connectivity index (χ0n) is 13.3. The molecule has 1 unspecified atom stereocenters. The molecule has 0 saturated carbocycles. The lowest BCUT2D eigenvalue weighted by Gasteiger charge is -2.24. The van der Waals surface area contributed by atoms with Gasteiger partial charge in [-0.2, -0.15) is 4.31 Å². The number of nitrogens with zero attached hydrogens (tertiary/aromatic N) is 2. The second-order valence-electron chi connectivity index (χ2n) is 5.60. The van der Waals surface area contributed by atoms with Crippen molar-refractivity contribution in [1.29, 1.82) is 0 Å². The fourth-order valence-corrected chi connectivity index (χ4v) is 6.45. The number of sulfonamides is 1. The zero-order chi connectivity index (χ0) is 18.2. The Bertz CT molecular complexity index is 916. The van der Waals surface area contributed by atoms with E-state index in [4.69, 9.17) is 0 Å². The fourth-order valence-electron chi connectivity index (χ4n) is 2.70. The van der Waals surface area contributed by atoms with Crippen molar-refractivity contribution in [3.63, 3.8) is 0 Å². The van der Waals surface area contributed by atoms with E-state index in [1.54, 1.807) is 18.7 Å². The van der Waals surface area contributed by atoms with Crippen LogP contribution in [0, 0.1) is 17.0 Å². The maximum Gasteiger partial charge on any atom is 0.270 e. The van der Waals surface area contributed by atoms with Crippen molar-refractivity contribution in [3.05, 3.63) is 68.2 Å². The summed E-state index contributed by atoms with van der Waals surface area (Å²) < 4.78 is 28.7. The van der Waals surface area contributed by atoms with Crippen LogP contribution in [0.5, 0.6) is 0 Å². The third kappa shape index (κ3) is 3.59. The second kappa shape index (κ2) is 7.06. The van der Waals surface area contributed by atoms with Crippen LogP contribution in [0.25, 0.3) is 0 Å². The molecule has 0 N–H and O–H groups in total. The molecule has 0 aliphatic carbocycles. The molecule has 0 radical (unpaired) electrons. The van der Waals surface area contributed by atoms with Gasteiger partial charge in [0.25, 0.3) is 5.69 Å². The van der Waals surface area contributed by atoms with Gasteiger partial charge in [-0.05, 0) is 30.2 Å². The van der Waals surface area contributed by atoms with Crippen molar-refractivity contribution >= 4 is 43.4 Å². The number of rotatable bonds is 4. The highest BCUT2D eigenvalue weighted by atomic mass is 79.9. The maximum atomic E-state index is 13.2. The molecule has 1 atom stereocenters. The normalized spacial score (nSPS) is 18.4. The van der Waals surface area contributed by atoms with Gasteiger partial charge in [0.2, 0.25) is 10.0 Å². The van der Waals surface area contributed by atoms with Crippen LogP contribution in [0.2, 0.25) is 0 Å². The van der Waals surface area contributed by atoms with E-state index in [9.17, 15) is 18.5 Å². The summed E-state index contributed by atoms with van der Waals surface area (Å²) in [5.41, 5.74) is 1.16. The van der Waals surface area contributed by atoms with Crippen molar-refractivity contribution in [2.45, 2.75) is 17.2 Å². The number of nitro benzene ring substituents is 1. The Morgan fingerprint density at radius 1 is 1.24 bits per heavy atom. The van der Waals surface area contributed by atoms with Gasteiger partial charge in [-0.1, -0.05) is 34.1 Å². The van der Waals surface area contributed by atoms with E-state index in [0.29, 0.717) is 17.9 Å². The third-order valence-electron chi connectivity index (χ3n) is 3.97. The Morgan fingerprint density at radius 3 is 2.56 bits per heavy atom. The van der Waals surface area contributed by atoms with E-state index in [-0.39, 0.29) is 16.0 Å². The Labute approximate surface area is 158 Å². The minimum Gasteiger partial charge on any atom is -0.258 e. The topological polar surface area (TPSA) is 80.5 Å². The Hall–Kier alpha value is -1.42. The van der Waals surface area contributed by atoms with Crippen LogP contribution in [0.3, 0.4) is 0 Å². The van der Waals surface area contributed by atoms with E-state index < -0.39 is 14.9 Å². The summed E-state index contributed by atoms with van der Waals surface area (Å²) in [5.74, 6) is 0.675. The van der Waals surface area contributed by atoms with Gasteiger partial charge in [0.1, 0.15) is 0 Å². The fraction of sp³-hybridized carbons (Fsp3) is 0.250. The highest BCUT2D eigenvalue weighted by molar-refractivity contribution is 9.10. The summed E-state index contributed by atoms with van der Waals surface area (Å²) in [5, 5.41) is 10.7. The molecule has 2 aromatic rings. The molecule has 132 valence electrons. The van der Waals surface area contributed by atoms with Crippen LogP contribution >= 0.6 is 27.7 Å². The largest absolute Gasteiger partial charge is 0.270 e. The third-order valence-corrected chi connectivity index (χ3v) is 7.90. The molecule has 1 saturated heterocycles. The van der Waals surface area contributed by atoms with Crippen molar-refractivity contribution in [2.24, 2.45) is 0 Å². The molecule has 1 heterocycles. The standard InChI is InChI=1S/C16H15BrN2O4S2/c1-11-2-7-14(19(20)21)10-15(11)25(22,23)18-8-9-24-16(18)12-3-5-13(17)6-4-12/h2-7,10,16H,8-9H2,1H3. The van der Waals surface area contributed by atoms with Crippen LogP contribution in [0.15, 0.2) is 51.8 Å². The summed E-state index contributed by atoms with van der Waals surface area (Å²) in [6, 6.07) is 11.5. The predicted octanol–water partition coefficient (Wildman–Crippen LogP) is 4.10. The van der Waals surface area contributed by atoms with Crippen molar-refractivity contribution in [3.8, 4) is 0 Å². The summed E-state index contributed by atoms with van der Waals surface area (Å²) in [7, 11) is -3.84.